The Morgan fingerprint density at radius 1 is 0.900 bits per heavy atom. The van der Waals surface area contributed by atoms with Crippen LogP contribution in [0.15, 0.2) is 0 Å². The highest BCUT2D eigenvalue weighted by Gasteiger charge is 2.12. The molecule has 0 unspecified atom stereocenters. The SMILES string of the molecule is CC(C)C(=O)CCOCCOCCN(C)C(=O)C(C)C. The monoisotopic (exact) mass is 287 g/mol. The summed E-state index contributed by atoms with van der Waals surface area (Å²) in [4.78, 5) is 24.6. The van der Waals surface area contributed by atoms with Crippen LogP contribution in [0.1, 0.15) is 34.1 Å². The van der Waals surface area contributed by atoms with Crippen LogP contribution < -0.4 is 0 Å². The highest BCUT2D eigenvalue weighted by Crippen LogP contribution is 1.99. The molecule has 0 saturated carbocycles. The van der Waals surface area contributed by atoms with Gasteiger partial charge in [-0.25, -0.2) is 0 Å². The number of carbonyl (C=O) groups is 2. The molecule has 0 aliphatic carbocycles. The number of ether oxygens (including phenoxy) is 2. The summed E-state index contributed by atoms with van der Waals surface area (Å²) >= 11 is 0. The summed E-state index contributed by atoms with van der Waals surface area (Å²) in [6.07, 6.45) is 0.462. The van der Waals surface area contributed by atoms with Crippen LogP contribution in [-0.4, -0.2) is 56.6 Å². The van der Waals surface area contributed by atoms with Crippen LogP contribution in [0.3, 0.4) is 0 Å². The third-order valence-electron chi connectivity index (χ3n) is 2.95. The van der Waals surface area contributed by atoms with Crippen LogP contribution in [0.5, 0.6) is 0 Å². The molecule has 118 valence electrons. The zero-order chi connectivity index (χ0) is 15.5. The van der Waals surface area contributed by atoms with Gasteiger partial charge in [-0.05, 0) is 0 Å². The quantitative estimate of drug-likeness (QED) is 0.543. The van der Waals surface area contributed by atoms with Gasteiger partial charge in [-0.15, -0.1) is 0 Å². The zero-order valence-electron chi connectivity index (χ0n) is 13.5. The largest absolute Gasteiger partial charge is 0.379 e. The van der Waals surface area contributed by atoms with Gasteiger partial charge in [0.05, 0.1) is 26.4 Å². The second kappa shape index (κ2) is 10.8. The van der Waals surface area contributed by atoms with E-state index in [0.29, 0.717) is 39.4 Å². The number of likely N-dealkylation sites (N-methyl/N-ethyl adjacent to an activating group) is 1. The second-order valence-electron chi connectivity index (χ2n) is 5.51. The molecule has 0 heterocycles. The van der Waals surface area contributed by atoms with E-state index < -0.39 is 0 Å². The first-order valence-corrected chi connectivity index (χ1v) is 7.29. The number of hydrogen-bond acceptors (Lipinski definition) is 4. The molecule has 0 bridgehead atoms. The molecular weight excluding hydrogens is 258 g/mol. The molecule has 0 spiro atoms. The summed E-state index contributed by atoms with van der Waals surface area (Å²) in [6.45, 7) is 10.0. The summed E-state index contributed by atoms with van der Waals surface area (Å²) in [6, 6.07) is 0. The standard InChI is InChI=1S/C15H29NO4/c1-12(2)14(17)6-8-19-10-11-20-9-7-16(5)15(18)13(3)4/h12-13H,6-11H2,1-5H3. The van der Waals surface area contributed by atoms with Gasteiger partial charge < -0.3 is 14.4 Å². The van der Waals surface area contributed by atoms with Crippen molar-refractivity contribution in [3.8, 4) is 0 Å². The molecule has 20 heavy (non-hydrogen) atoms. The normalized spacial score (nSPS) is 11.2. The van der Waals surface area contributed by atoms with Gasteiger partial charge >= 0.3 is 0 Å². The Bertz CT molecular complexity index is 290. The molecule has 0 aliphatic heterocycles. The molecule has 0 fully saturated rings. The van der Waals surface area contributed by atoms with Gasteiger partial charge in [-0.1, -0.05) is 27.7 Å². The van der Waals surface area contributed by atoms with Crippen molar-refractivity contribution in [2.75, 3.05) is 40.0 Å². The fraction of sp³-hybridized carbons (Fsp3) is 0.867. The van der Waals surface area contributed by atoms with E-state index >= 15 is 0 Å². The Morgan fingerprint density at radius 2 is 1.45 bits per heavy atom. The topological polar surface area (TPSA) is 55.8 Å². The van der Waals surface area contributed by atoms with E-state index in [0.717, 1.165) is 0 Å². The summed E-state index contributed by atoms with van der Waals surface area (Å²) < 4.78 is 10.7. The maximum atomic E-state index is 11.6. The minimum atomic E-state index is 0.0156. The molecule has 5 heteroatoms. The van der Waals surface area contributed by atoms with Crippen molar-refractivity contribution >= 4 is 11.7 Å². The van der Waals surface area contributed by atoms with E-state index in [1.165, 1.54) is 0 Å². The lowest BCUT2D eigenvalue weighted by Crippen LogP contribution is -2.33. The van der Waals surface area contributed by atoms with Crippen molar-refractivity contribution in [2.45, 2.75) is 34.1 Å². The Morgan fingerprint density at radius 3 is 1.95 bits per heavy atom. The van der Waals surface area contributed by atoms with Gasteiger partial charge in [0.15, 0.2) is 0 Å². The van der Waals surface area contributed by atoms with Crippen LogP contribution in [0, 0.1) is 11.8 Å². The smallest absolute Gasteiger partial charge is 0.224 e. The Kier molecular flexibility index (Phi) is 10.3. The van der Waals surface area contributed by atoms with Gasteiger partial charge in [0, 0.05) is 31.8 Å². The average Bonchev–Trinajstić information content (AvgIpc) is 2.39. The number of hydrogen-bond donors (Lipinski definition) is 0. The first kappa shape index (κ1) is 19.1. The van der Waals surface area contributed by atoms with E-state index in [2.05, 4.69) is 0 Å². The molecule has 5 nitrogen and oxygen atoms in total. The summed E-state index contributed by atoms with van der Waals surface area (Å²) in [5, 5.41) is 0. The molecule has 0 rings (SSSR count). The Balaban J connectivity index is 3.41. The molecule has 0 N–H and O–H groups in total. The van der Waals surface area contributed by atoms with Crippen LogP contribution in [0.25, 0.3) is 0 Å². The Labute approximate surface area is 122 Å². The lowest BCUT2D eigenvalue weighted by molar-refractivity contribution is -0.133. The molecule has 0 aromatic carbocycles. The van der Waals surface area contributed by atoms with Gasteiger partial charge in [0.1, 0.15) is 5.78 Å². The van der Waals surface area contributed by atoms with E-state index in [-0.39, 0.29) is 23.5 Å². The van der Waals surface area contributed by atoms with Crippen molar-refractivity contribution in [2.24, 2.45) is 11.8 Å². The maximum Gasteiger partial charge on any atom is 0.224 e. The Hall–Kier alpha value is -0.940. The van der Waals surface area contributed by atoms with E-state index in [9.17, 15) is 9.59 Å². The molecule has 0 aliphatic rings. The number of rotatable bonds is 11. The number of amides is 1. The maximum absolute atomic E-state index is 11.6. The molecule has 0 aromatic rings. The van der Waals surface area contributed by atoms with E-state index in [4.69, 9.17) is 9.47 Å². The van der Waals surface area contributed by atoms with Gasteiger partial charge in [0.25, 0.3) is 0 Å². The van der Waals surface area contributed by atoms with Crippen LogP contribution >= 0.6 is 0 Å². The third-order valence-corrected chi connectivity index (χ3v) is 2.95. The van der Waals surface area contributed by atoms with E-state index in [1.807, 2.05) is 27.7 Å². The molecule has 1 amide bonds. The molecule has 0 atom stereocenters. The zero-order valence-corrected chi connectivity index (χ0v) is 13.5. The van der Waals surface area contributed by atoms with Crippen LogP contribution in [0.4, 0.5) is 0 Å². The first-order chi connectivity index (χ1) is 9.36. The molecular formula is C15H29NO4. The summed E-state index contributed by atoms with van der Waals surface area (Å²) in [5.41, 5.74) is 0. The van der Waals surface area contributed by atoms with Gasteiger partial charge in [0.2, 0.25) is 5.91 Å². The highest BCUT2D eigenvalue weighted by molar-refractivity contribution is 5.80. The number of Topliss-reactive ketones (excluding diaryl/α,β-unsaturated/α-hetero) is 1. The second-order valence-corrected chi connectivity index (χ2v) is 5.51. The predicted octanol–water partition coefficient (Wildman–Crippen LogP) is 1.75. The number of nitrogens with zero attached hydrogens (tertiary/aromatic N) is 1. The molecule has 0 aromatic heterocycles. The van der Waals surface area contributed by atoms with Gasteiger partial charge in [-0.2, -0.15) is 0 Å². The first-order valence-electron chi connectivity index (χ1n) is 7.29. The molecule has 0 saturated heterocycles. The average molecular weight is 287 g/mol. The molecule has 0 radical (unpaired) electrons. The van der Waals surface area contributed by atoms with Crippen molar-refractivity contribution in [1.82, 2.24) is 4.90 Å². The van der Waals surface area contributed by atoms with Crippen molar-refractivity contribution in [3.63, 3.8) is 0 Å². The predicted molar refractivity (Wildman–Crippen MR) is 78.6 cm³/mol. The van der Waals surface area contributed by atoms with Gasteiger partial charge in [-0.3, -0.25) is 9.59 Å². The third kappa shape index (κ3) is 9.04. The number of carbonyl (C=O) groups excluding carboxylic acids is 2. The summed E-state index contributed by atoms with van der Waals surface area (Å²) in [5.74, 6) is 0.433. The number of ketones is 1. The lowest BCUT2D eigenvalue weighted by atomic mass is 10.1. The van der Waals surface area contributed by atoms with Crippen molar-refractivity contribution in [3.05, 3.63) is 0 Å². The van der Waals surface area contributed by atoms with Crippen molar-refractivity contribution in [1.29, 1.82) is 0 Å². The van der Waals surface area contributed by atoms with Crippen molar-refractivity contribution < 1.29 is 19.1 Å². The summed E-state index contributed by atoms with van der Waals surface area (Å²) in [7, 11) is 1.78. The lowest BCUT2D eigenvalue weighted by Gasteiger charge is -2.19. The fourth-order valence-corrected chi connectivity index (χ4v) is 1.54. The van der Waals surface area contributed by atoms with E-state index in [1.54, 1.807) is 11.9 Å². The minimum absolute atomic E-state index is 0.0156. The fourth-order valence-electron chi connectivity index (χ4n) is 1.54. The minimum Gasteiger partial charge on any atom is -0.379 e. The van der Waals surface area contributed by atoms with Crippen LogP contribution in [-0.2, 0) is 19.1 Å². The highest BCUT2D eigenvalue weighted by atomic mass is 16.5. The van der Waals surface area contributed by atoms with Crippen LogP contribution in [0.2, 0.25) is 0 Å².